The Balaban J connectivity index is 2.07. The van der Waals surface area contributed by atoms with Crippen molar-refractivity contribution in [3.63, 3.8) is 0 Å². The van der Waals surface area contributed by atoms with E-state index >= 15 is 0 Å². The van der Waals surface area contributed by atoms with Gasteiger partial charge in [0, 0.05) is 28.7 Å². The minimum atomic E-state index is -0.537. The third kappa shape index (κ3) is 2.55. The summed E-state index contributed by atoms with van der Waals surface area (Å²) in [5.74, 6) is 0.438. The standard InChI is InChI=1S/C12H7Cl2N3O3S/c13-6-9-11(15-12-16(9)3-4-21-12)20-10-5-7(14)1-2-8(10)17(18)19/h1-5H,6H2. The van der Waals surface area contributed by atoms with Crippen molar-refractivity contribution in [1.29, 1.82) is 0 Å². The van der Waals surface area contributed by atoms with Gasteiger partial charge < -0.3 is 4.74 Å². The monoisotopic (exact) mass is 343 g/mol. The molecule has 0 radical (unpaired) electrons. The fraction of sp³-hybridized carbons (Fsp3) is 0.0833. The number of halogens is 2. The van der Waals surface area contributed by atoms with Crippen molar-refractivity contribution in [3.05, 3.63) is 50.6 Å². The first kappa shape index (κ1) is 14.1. The number of nitro benzene ring substituents is 1. The van der Waals surface area contributed by atoms with Gasteiger partial charge in [-0.1, -0.05) is 11.6 Å². The van der Waals surface area contributed by atoms with Gasteiger partial charge in [0.1, 0.15) is 5.69 Å². The fourth-order valence-corrected chi connectivity index (χ4v) is 2.97. The van der Waals surface area contributed by atoms with Gasteiger partial charge in [0.15, 0.2) is 4.96 Å². The molecule has 2 aromatic heterocycles. The van der Waals surface area contributed by atoms with Gasteiger partial charge >= 0.3 is 5.69 Å². The topological polar surface area (TPSA) is 69.7 Å². The number of benzene rings is 1. The highest BCUT2D eigenvalue weighted by molar-refractivity contribution is 7.15. The smallest absolute Gasteiger partial charge is 0.311 e. The van der Waals surface area contributed by atoms with Gasteiger partial charge in [-0.05, 0) is 6.07 Å². The van der Waals surface area contributed by atoms with Crippen molar-refractivity contribution in [3.8, 4) is 11.6 Å². The van der Waals surface area contributed by atoms with Crippen LogP contribution in [0.4, 0.5) is 5.69 Å². The quantitative estimate of drug-likeness (QED) is 0.397. The third-order valence-electron chi connectivity index (χ3n) is 2.78. The van der Waals surface area contributed by atoms with Crippen LogP contribution in [0, 0.1) is 10.1 Å². The van der Waals surface area contributed by atoms with E-state index in [1.807, 2.05) is 11.6 Å². The van der Waals surface area contributed by atoms with Gasteiger partial charge in [-0.2, -0.15) is 4.98 Å². The van der Waals surface area contributed by atoms with Gasteiger partial charge in [-0.15, -0.1) is 22.9 Å². The first-order chi connectivity index (χ1) is 10.1. The Morgan fingerprint density at radius 1 is 1.48 bits per heavy atom. The van der Waals surface area contributed by atoms with E-state index in [4.69, 9.17) is 27.9 Å². The average Bonchev–Trinajstić information content (AvgIpc) is 2.98. The Morgan fingerprint density at radius 2 is 2.29 bits per heavy atom. The molecule has 6 nitrogen and oxygen atoms in total. The molecule has 0 aliphatic carbocycles. The molecule has 3 aromatic rings. The molecule has 9 heteroatoms. The molecule has 108 valence electrons. The van der Waals surface area contributed by atoms with E-state index in [-0.39, 0.29) is 23.2 Å². The lowest BCUT2D eigenvalue weighted by molar-refractivity contribution is -0.385. The second-order valence-corrected chi connectivity index (χ2v) is 5.60. The minimum Gasteiger partial charge on any atom is -0.430 e. The largest absolute Gasteiger partial charge is 0.430 e. The maximum Gasteiger partial charge on any atom is 0.311 e. The zero-order valence-corrected chi connectivity index (χ0v) is 12.7. The maximum atomic E-state index is 11.0. The number of thiazole rings is 1. The summed E-state index contributed by atoms with van der Waals surface area (Å²) in [4.78, 5) is 15.5. The number of alkyl halides is 1. The van der Waals surface area contributed by atoms with E-state index in [9.17, 15) is 10.1 Å². The van der Waals surface area contributed by atoms with Crippen molar-refractivity contribution in [2.45, 2.75) is 5.88 Å². The van der Waals surface area contributed by atoms with Crippen LogP contribution in [0.1, 0.15) is 5.69 Å². The summed E-state index contributed by atoms with van der Waals surface area (Å²) in [5.41, 5.74) is 0.443. The van der Waals surface area contributed by atoms with Crippen LogP contribution in [0.5, 0.6) is 11.6 Å². The lowest BCUT2D eigenvalue weighted by atomic mass is 10.3. The molecule has 0 atom stereocenters. The van der Waals surface area contributed by atoms with E-state index in [2.05, 4.69) is 4.98 Å². The normalized spacial score (nSPS) is 11.0. The van der Waals surface area contributed by atoms with E-state index in [1.54, 1.807) is 4.40 Å². The number of nitro groups is 1. The van der Waals surface area contributed by atoms with Crippen molar-refractivity contribution in [2.24, 2.45) is 0 Å². The van der Waals surface area contributed by atoms with Gasteiger partial charge in [-0.3, -0.25) is 14.5 Å². The van der Waals surface area contributed by atoms with Crippen LogP contribution >= 0.6 is 34.5 Å². The second-order valence-electron chi connectivity index (χ2n) is 4.02. The number of rotatable bonds is 4. The van der Waals surface area contributed by atoms with Crippen LogP contribution in [-0.2, 0) is 5.88 Å². The lowest BCUT2D eigenvalue weighted by Gasteiger charge is -2.05. The number of hydrogen-bond acceptors (Lipinski definition) is 5. The van der Waals surface area contributed by atoms with Crippen LogP contribution < -0.4 is 4.74 Å². The highest BCUT2D eigenvalue weighted by Gasteiger charge is 2.20. The summed E-state index contributed by atoms with van der Waals surface area (Å²) in [6.07, 6.45) is 1.81. The Bertz CT molecular complexity index is 830. The van der Waals surface area contributed by atoms with Crippen LogP contribution in [0.25, 0.3) is 4.96 Å². The van der Waals surface area contributed by atoms with Gasteiger partial charge in [-0.25, -0.2) is 0 Å². The molecule has 21 heavy (non-hydrogen) atoms. The molecular weight excluding hydrogens is 337 g/mol. The van der Waals surface area contributed by atoms with Crippen molar-refractivity contribution in [2.75, 3.05) is 0 Å². The summed E-state index contributed by atoms with van der Waals surface area (Å²) in [6, 6.07) is 4.10. The van der Waals surface area contributed by atoms with Gasteiger partial charge in [0.25, 0.3) is 0 Å². The Kier molecular flexibility index (Phi) is 3.71. The predicted molar refractivity (Wildman–Crippen MR) is 80.8 cm³/mol. The number of fused-ring (bicyclic) bond motifs is 1. The number of ether oxygens (including phenoxy) is 1. The molecule has 0 amide bonds. The molecule has 0 saturated heterocycles. The maximum absolute atomic E-state index is 11.0. The zero-order valence-electron chi connectivity index (χ0n) is 10.3. The molecule has 1 aromatic carbocycles. The van der Waals surface area contributed by atoms with E-state index in [0.717, 1.165) is 0 Å². The Labute approximate surface area is 132 Å². The van der Waals surface area contributed by atoms with E-state index in [1.165, 1.54) is 29.5 Å². The second kappa shape index (κ2) is 5.51. The van der Waals surface area contributed by atoms with Crippen LogP contribution in [0.3, 0.4) is 0 Å². The zero-order chi connectivity index (χ0) is 15.0. The Hall–Kier alpha value is -1.83. The molecule has 0 bridgehead atoms. The summed E-state index contributed by atoms with van der Waals surface area (Å²) in [6.45, 7) is 0. The average molecular weight is 344 g/mol. The summed E-state index contributed by atoms with van der Waals surface area (Å²) in [7, 11) is 0. The highest BCUT2D eigenvalue weighted by atomic mass is 35.5. The van der Waals surface area contributed by atoms with Crippen LogP contribution in [0.2, 0.25) is 5.02 Å². The number of hydrogen-bond donors (Lipinski definition) is 0. The van der Waals surface area contributed by atoms with Gasteiger partial charge in [0.2, 0.25) is 11.6 Å². The molecule has 0 aliphatic heterocycles. The molecule has 0 unspecified atom stereocenters. The van der Waals surface area contributed by atoms with Crippen molar-refractivity contribution < 1.29 is 9.66 Å². The Morgan fingerprint density at radius 3 is 3.00 bits per heavy atom. The molecule has 0 N–H and O–H groups in total. The highest BCUT2D eigenvalue weighted by Crippen LogP contribution is 2.35. The third-order valence-corrected chi connectivity index (χ3v) is 4.02. The minimum absolute atomic E-state index is 0.0321. The molecule has 0 aliphatic rings. The predicted octanol–water partition coefficient (Wildman–Crippen LogP) is 4.49. The molecule has 0 spiro atoms. The first-order valence-electron chi connectivity index (χ1n) is 5.72. The van der Waals surface area contributed by atoms with E-state index in [0.29, 0.717) is 15.7 Å². The molecule has 0 saturated carbocycles. The number of imidazole rings is 1. The lowest BCUT2D eigenvalue weighted by Crippen LogP contribution is -1.95. The van der Waals surface area contributed by atoms with Crippen LogP contribution in [-0.4, -0.2) is 14.3 Å². The molecule has 3 rings (SSSR count). The number of nitrogens with zero attached hydrogens (tertiary/aromatic N) is 3. The van der Waals surface area contributed by atoms with E-state index < -0.39 is 4.92 Å². The molecular formula is C12H7Cl2N3O3S. The van der Waals surface area contributed by atoms with Gasteiger partial charge in [0.05, 0.1) is 10.8 Å². The van der Waals surface area contributed by atoms with Crippen molar-refractivity contribution in [1.82, 2.24) is 9.38 Å². The molecule has 2 heterocycles. The summed E-state index contributed by atoms with van der Waals surface area (Å²) < 4.78 is 7.36. The molecule has 0 fully saturated rings. The SMILES string of the molecule is O=[N+]([O-])c1ccc(Cl)cc1Oc1nc2sccn2c1CCl. The number of aromatic nitrogens is 2. The first-order valence-corrected chi connectivity index (χ1v) is 7.51. The fourth-order valence-electron chi connectivity index (χ4n) is 1.84. The van der Waals surface area contributed by atoms with Crippen LogP contribution in [0.15, 0.2) is 29.8 Å². The summed E-state index contributed by atoms with van der Waals surface area (Å²) in [5, 5.41) is 13.2. The van der Waals surface area contributed by atoms with Crippen molar-refractivity contribution >= 4 is 45.2 Å². The summed E-state index contributed by atoms with van der Waals surface area (Å²) >= 11 is 13.2.